The van der Waals surface area contributed by atoms with Crippen molar-refractivity contribution in [1.82, 2.24) is 19.3 Å². The third-order valence-corrected chi connectivity index (χ3v) is 4.46. The number of aromatic nitrogens is 4. The molecule has 0 radical (unpaired) electrons. The molecule has 2 aromatic heterocycles. The highest BCUT2D eigenvalue weighted by atomic mass is 35.5. The molecule has 2 aromatic carbocycles. The minimum Gasteiger partial charge on any atom is -0.337 e. The molecule has 0 fully saturated rings. The van der Waals surface area contributed by atoms with Crippen LogP contribution < -0.4 is 11.1 Å². The van der Waals surface area contributed by atoms with Gasteiger partial charge in [-0.15, -0.1) is 0 Å². The van der Waals surface area contributed by atoms with Crippen LogP contribution >= 0.6 is 11.6 Å². The van der Waals surface area contributed by atoms with E-state index in [9.17, 15) is 9.59 Å². The maximum atomic E-state index is 12.5. The van der Waals surface area contributed by atoms with Crippen LogP contribution in [0.2, 0.25) is 5.02 Å². The van der Waals surface area contributed by atoms with Crippen LogP contribution in [0.3, 0.4) is 0 Å². The molecule has 4 rings (SSSR count). The third-order valence-electron chi connectivity index (χ3n) is 4.23. The number of halogens is 1. The van der Waals surface area contributed by atoms with E-state index in [2.05, 4.69) is 10.1 Å². The molecule has 2 heterocycles. The van der Waals surface area contributed by atoms with E-state index in [1.165, 1.54) is 21.5 Å². The molecule has 0 unspecified atom stereocenters. The molecule has 7 nitrogen and oxygen atoms in total. The predicted molar refractivity (Wildman–Crippen MR) is 105 cm³/mol. The molecule has 0 saturated heterocycles. The van der Waals surface area contributed by atoms with Gasteiger partial charge in [-0.25, -0.2) is 0 Å². The first-order chi connectivity index (χ1) is 13.5. The summed E-state index contributed by atoms with van der Waals surface area (Å²) in [5, 5.41) is 4.41. The number of hydrogen-bond donors (Lipinski definition) is 0. The molecule has 0 N–H and O–H groups in total. The fourth-order valence-electron chi connectivity index (χ4n) is 2.75. The van der Waals surface area contributed by atoms with Gasteiger partial charge in [0.25, 0.3) is 0 Å². The van der Waals surface area contributed by atoms with E-state index in [4.69, 9.17) is 16.1 Å². The van der Waals surface area contributed by atoms with Gasteiger partial charge < -0.3 is 4.52 Å². The Bertz CT molecular complexity index is 1260. The van der Waals surface area contributed by atoms with E-state index < -0.39 is 11.1 Å². The number of rotatable bonds is 4. The zero-order valence-corrected chi connectivity index (χ0v) is 15.6. The molecule has 0 spiro atoms. The molecule has 140 valence electrons. The Morgan fingerprint density at radius 3 is 2.57 bits per heavy atom. The van der Waals surface area contributed by atoms with Crippen LogP contribution in [0.4, 0.5) is 0 Å². The van der Waals surface area contributed by atoms with Gasteiger partial charge in [0.1, 0.15) is 6.54 Å². The minimum absolute atomic E-state index is 0.00329. The minimum atomic E-state index is -0.697. The molecule has 0 aliphatic heterocycles. The topological polar surface area (TPSA) is 82.9 Å². The smallest absolute Gasteiger partial charge is 0.320 e. The van der Waals surface area contributed by atoms with Gasteiger partial charge in [0.05, 0.1) is 5.69 Å². The molecule has 0 amide bonds. The maximum Gasteiger partial charge on any atom is 0.320 e. The number of benzene rings is 2. The first kappa shape index (κ1) is 17.9. The van der Waals surface area contributed by atoms with Crippen molar-refractivity contribution in [3.8, 4) is 17.1 Å². The lowest BCUT2D eigenvalue weighted by Gasteiger charge is -2.07. The molecular weight excluding hydrogens is 380 g/mol. The van der Waals surface area contributed by atoms with Gasteiger partial charge in [0.2, 0.25) is 11.7 Å². The van der Waals surface area contributed by atoms with E-state index in [0.717, 1.165) is 11.1 Å². The largest absolute Gasteiger partial charge is 0.337 e. The number of hydrogen-bond acceptors (Lipinski definition) is 5. The SMILES string of the molecule is Cc1ccc(-c2noc(Cn3ccn(-c4cccc(Cl)c4)c(=O)c3=O)n2)cc1. The fraction of sp³-hybridized carbons (Fsp3) is 0.100. The summed E-state index contributed by atoms with van der Waals surface area (Å²) < 4.78 is 7.71. The summed E-state index contributed by atoms with van der Waals surface area (Å²) in [6, 6.07) is 14.4. The van der Waals surface area contributed by atoms with E-state index >= 15 is 0 Å². The molecular formula is C20H15ClN4O3. The Morgan fingerprint density at radius 2 is 1.82 bits per heavy atom. The molecule has 0 atom stereocenters. The lowest BCUT2D eigenvalue weighted by molar-refractivity contribution is 0.369. The van der Waals surface area contributed by atoms with Crippen molar-refractivity contribution in [2.24, 2.45) is 0 Å². The van der Waals surface area contributed by atoms with Gasteiger partial charge in [0.15, 0.2) is 0 Å². The Morgan fingerprint density at radius 1 is 1.04 bits per heavy atom. The van der Waals surface area contributed by atoms with Crippen molar-refractivity contribution in [2.45, 2.75) is 13.5 Å². The Balaban J connectivity index is 1.63. The van der Waals surface area contributed by atoms with Crippen LogP contribution in [0.5, 0.6) is 0 Å². The van der Waals surface area contributed by atoms with Gasteiger partial charge in [-0.05, 0) is 25.1 Å². The monoisotopic (exact) mass is 394 g/mol. The standard InChI is InChI=1S/C20H15ClN4O3/c1-13-5-7-14(8-6-13)18-22-17(28-23-18)12-24-9-10-25(20(27)19(24)26)16-4-2-3-15(21)11-16/h2-11H,12H2,1H3. The molecule has 0 aliphatic rings. The van der Waals surface area contributed by atoms with Crippen LogP contribution in [-0.4, -0.2) is 19.3 Å². The lowest BCUT2D eigenvalue weighted by atomic mass is 10.1. The normalized spacial score (nSPS) is 10.9. The van der Waals surface area contributed by atoms with Crippen molar-refractivity contribution < 1.29 is 4.52 Å². The second-order valence-corrected chi connectivity index (χ2v) is 6.70. The average molecular weight is 395 g/mol. The van der Waals surface area contributed by atoms with Crippen molar-refractivity contribution >= 4 is 11.6 Å². The summed E-state index contributed by atoms with van der Waals surface area (Å²) >= 11 is 5.96. The molecule has 0 aliphatic carbocycles. The zero-order chi connectivity index (χ0) is 19.7. The number of nitrogens with zero attached hydrogens (tertiary/aromatic N) is 4. The average Bonchev–Trinajstić information content (AvgIpc) is 3.15. The van der Waals surface area contributed by atoms with Crippen molar-refractivity contribution in [1.29, 1.82) is 0 Å². The third kappa shape index (κ3) is 3.52. The Hall–Kier alpha value is -3.45. The van der Waals surface area contributed by atoms with Crippen molar-refractivity contribution in [3.05, 3.63) is 98.1 Å². The second kappa shape index (κ2) is 7.28. The van der Waals surface area contributed by atoms with Gasteiger partial charge in [-0.2, -0.15) is 4.98 Å². The summed E-state index contributed by atoms with van der Waals surface area (Å²) in [5.41, 5.74) is 1.06. The van der Waals surface area contributed by atoms with Gasteiger partial charge in [-0.3, -0.25) is 18.7 Å². The molecule has 8 heteroatoms. The fourth-order valence-corrected chi connectivity index (χ4v) is 2.93. The second-order valence-electron chi connectivity index (χ2n) is 6.26. The van der Waals surface area contributed by atoms with Crippen LogP contribution in [0.15, 0.2) is 75.0 Å². The van der Waals surface area contributed by atoms with E-state index in [1.54, 1.807) is 24.3 Å². The summed E-state index contributed by atoms with van der Waals surface area (Å²) in [6.45, 7) is 1.99. The lowest BCUT2D eigenvalue weighted by Crippen LogP contribution is -2.40. The number of aryl methyl sites for hydroxylation is 1. The Kier molecular flexibility index (Phi) is 4.67. The highest BCUT2D eigenvalue weighted by Gasteiger charge is 2.12. The quantitative estimate of drug-likeness (QED) is 0.497. The van der Waals surface area contributed by atoms with Crippen molar-refractivity contribution in [3.63, 3.8) is 0 Å². The molecule has 28 heavy (non-hydrogen) atoms. The predicted octanol–water partition coefficient (Wildman–Crippen LogP) is 3.06. The van der Waals surface area contributed by atoms with Gasteiger partial charge in [0, 0.05) is 23.0 Å². The van der Waals surface area contributed by atoms with E-state index in [1.807, 2.05) is 31.2 Å². The molecule has 0 bridgehead atoms. The van der Waals surface area contributed by atoms with Crippen LogP contribution in [-0.2, 0) is 6.54 Å². The molecule has 0 saturated carbocycles. The maximum absolute atomic E-state index is 12.5. The summed E-state index contributed by atoms with van der Waals surface area (Å²) in [6.07, 6.45) is 3.01. The van der Waals surface area contributed by atoms with Crippen molar-refractivity contribution in [2.75, 3.05) is 0 Å². The van der Waals surface area contributed by atoms with Gasteiger partial charge >= 0.3 is 11.1 Å². The van der Waals surface area contributed by atoms with Crippen LogP contribution in [0, 0.1) is 6.92 Å². The van der Waals surface area contributed by atoms with Crippen LogP contribution in [0.1, 0.15) is 11.5 Å². The highest BCUT2D eigenvalue weighted by molar-refractivity contribution is 6.30. The first-order valence-corrected chi connectivity index (χ1v) is 8.87. The van der Waals surface area contributed by atoms with Crippen LogP contribution in [0.25, 0.3) is 17.1 Å². The molecule has 4 aromatic rings. The summed E-state index contributed by atoms with van der Waals surface area (Å²) in [7, 11) is 0. The summed E-state index contributed by atoms with van der Waals surface area (Å²) in [5.74, 6) is 0.660. The summed E-state index contributed by atoms with van der Waals surface area (Å²) in [4.78, 5) is 29.2. The van der Waals surface area contributed by atoms with Gasteiger partial charge in [-0.1, -0.05) is 52.7 Å². The van der Waals surface area contributed by atoms with E-state index in [-0.39, 0.29) is 12.4 Å². The zero-order valence-electron chi connectivity index (χ0n) is 14.9. The van der Waals surface area contributed by atoms with E-state index in [0.29, 0.717) is 16.5 Å². The Labute approximate surface area is 164 Å². The highest BCUT2D eigenvalue weighted by Crippen LogP contribution is 2.16. The first-order valence-electron chi connectivity index (χ1n) is 8.49.